The van der Waals surface area contributed by atoms with Gasteiger partial charge in [-0.2, -0.15) is 0 Å². The molecule has 0 aliphatic rings. The third kappa shape index (κ3) is 1.58. The maximum absolute atomic E-state index is 2.26. The first-order valence-corrected chi connectivity index (χ1v) is 4.13. The predicted molar refractivity (Wildman–Crippen MR) is 46.6 cm³/mol. The van der Waals surface area contributed by atoms with Gasteiger partial charge in [0.25, 0.3) is 0 Å². The van der Waals surface area contributed by atoms with Crippen LogP contribution in [0.4, 0.5) is 0 Å². The molecule has 0 radical (unpaired) electrons. The lowest BCUT2D eigenvalue weighted by atomic mass is 9.99. The van der Waals surface area contributed by atoms with Crippen LogP contribution in [0.3, 0.4) is 0 Å². The average Bonchev–Trinajstić information content (AvgIpc) is 2.14. The van der Waals surface area contributed by atoms with Gasteiger partial charge in [0.2, 0.25) is 0 Å². The molecule has 1 heterocycles. The zero-order chi connectivity index (χ0) is 6.85. The fourth-order valence-electron chi connectivity index (χ4n) is 0.756. The molecule has 0 amide bonds. The molecule has 0 fully saturated rings. The largest absolute Gasteiger partial charge is 0.149 e. The first-order valence-electron chi connectivity index (χ1n) is 3.25. The van der Waals surface area contributed by atoms with E-state index in [0.29, 0.717) is 5.92 Å². The van der Waals surface area contributed by atoms with Crippen LogP contribution < -0.4 is 5.46 Å². The summed E-state index contributed by atoms with van der Waals surface area (Å²) in [6.07, 6.45) is 0. The van der Waals surface area contributed by atoms with E-state index in [2.05, 4.69) is 33.1 Å². The molecule has 1 aromatic heterocycles. The normalized spacial score (nSPS) is 10.6. The lowest BCUT2D eigenvalue weighted by Crippen LogP contribution is -1.94. The van der Waals surface area contributed by atoms with Crippen molar-refractivity contribution in [2.75, 3.05) is 0 Å². The summed E-state index contributed by atoms with van der Waals surface area (Å²) in [5, 5.41) is 2.20. The van der Waals surface area contributed by atoms with Gasteiger partial charge >= 0.3 is 0 Å². The molecule has 48 valence electrons. The minimum absolute atomic E-state index is 0.698. The highest BCUT2D eigenvalue weighted by molar-refractivity contribution is 7.11. The van der Waals surface area contributed by atoms with Crippen molar-refractivity contribution in [2.45, 2.75) is 19.8 Å². The molecule has 1 aromatic rings. The molecule has 0 atom stereocenters. The van der Waals surface area contributed by atoms with Gasteiger partial charge in [0.1, 0.15) is 7.85 Å². The molecule has 0 N–H and O–H groups in total. The summed E-state index contributed by atoms with van der Waals surface area (Å²) >= 11 is 1.86. The molecule has 0 aliphatic heterocycles. The summed E-state index contributed by atoms with van der Waals surface area (Å²) in [6, 6.07) is 2.26. The quantitative estimate of drug-likeness (QED) is 0.510. The maximum Gasteiger partial charge on any atom is 0.140 e. The van der Waals surface area contributed by atoms with E-state index in [1.807, 2.05) is 11.3 Å². The van der Waals surface area contributed by atoms with Crippen molar-refractivity contribution in [3.05, 3.63) is 16.3 Å². The van der Waals surface area contributed by atoms with Crippen LogP contribution >= 0.6 is 11.3 Å². The molecule has 0 bridgehead atoms. The van der Waals surface area contributed by atoms with Crippen LogP contribution in [0, 0.1) is 0 Å². The molecule has 0 saturated carbocycles. The molecule has 0 aromatic carbocycles. The number of hydrogen-bond donors (Lipinski definition) is 0. The van der Waals surface area contributed by atoms with Crippen molar-refractivity contribution < 1.29 is 0 Å². The zero-order valence-electron chi connectivity index (χ0n) is 6.14. The summed E-state index contributed by atoms with van der Waals surface area (Å²) in [5.41, 5.74) is 1.39. The highest BCUT2D eigenvalue weighted by Gasteiger charge is 1.99. The number of thiophene rings is 1. The Morgan fingerprint density at radius 3 is 2.44 bits per heavy atom. The Labute approximate surface area is 61.3 Å². The lowest BCUT2D eigenvalue weighted by molar-refractivity contribution is 0.890. The van der Waals surface area contributed by atoms with Crippen LogP contribution in [0.15, 0.2) is 11.4 Å². The van der Waals surface area contributed by atoms with Crippen molar-refractivity contribution in [3.8, 4) is 0 Å². The van der Waals surface area contributed by atoms with Crippen LogP contribution in [0.25, 0.3) is 0 Å². The van der Waals surface area contributed by atoms with Gasteiger partial charge < -0.3 is 0 Å². The minimum atomic E-state index is 0.698. The van der Waals surface area contributed by atoms with Crippen molar-refractivity contribution in [1.29, 1.82) is 0 Å². The van der Waals surface area contributed by atoms with Crippen molar-refractivity contribution in [2.24, 2.45) is 0 Å². The van der Waals surface area contributed by atoms with Gasteiger partial charge in [0.05, 0.1) is 0 Å². The molecule has 9 heavy (non-hydrogen) atoms. The number of hydrogen-bond acceptors (Lipinski definition) is 1. The van der Waals surface area contributed by atoms with E-state index in [1.54, 1.807) is 0 Å². The van der Waals surface area contributed by atoms with Gasteiger partial charge in [0.15, 0.2) is 0 Å². The summed E-state index contributed by atoms with van der Waals surface area (Å²) in [7, 11) is 2.14. The van der Waals surface area contributed by atoms with Crippen LogP contribution in [0.2, 0.25) is 0 Å². The Hall–Kier alpha value is -0.235. The standard InChI is InChI=1S/C7H11BS/c1-5(2)7-3-6(8)4-9-7/h3-5H,8H2,1-2H3. The van der Waals surface area contributed by atoms with Gasteiger partial charge in [-0.3, -0.25) is 0 Å². The van der Waals surface area contributed by atoms with Gasteiger partial charge in [0, 0.05) is 4.88 Å². The second kappa shape index (κ2) is 2.57. The van der Waals surface area contributed by atoms with E-state index in [9.17, 15) is 0 Å². The summed E-state index contributed by atoms with van der Waals surface area (Å²) in [4.78, 5) is 1.49. The highest BCUT2D eigenvalue weighted by atomic mass is 32.1. The van der Waals surface area contributed by atoms with E-state index in [-0.39, 0.29) is 0 Å². The van der Waals surface area contributed by atoms with Crippen molar-refractivity contribution >= 4 is 24.6 Å². The first kappa shape index (κ1) is 6.88. The summed E-state index contributed by atoms with van der Waals surface area (Å²) in [6.45, 7) is 4.45. The van der Waals surface area contributed by atoms with Crippen LogP contribution in [0.1, 0.15) is 24.6 Å². The number of rotatable bonds is 1. The van der Waals surface area contributed by atoms with Crippen LogP contribution in [-0.2, 0) is 0 Å². The molecular formula is C7H11BS. The van der Waals surface area contributed by atoms with E-state index in [1.165, 1.54) is 10.3 Å². The van der Waals surface area contributed by atoms with E-state index < -0.39 is 0 Å². The Kier molecular flexibility index (Phi) is 1.96. The molecule has 0 spiro atoms. The molecule has 0 saturated heterocycles. The van der Waals surface area contributed by atoms with Gasteiger partial charge in [-0.25, -0.2) is 0 Å². The summed E-state index contributed by atoms with van der Waals surface area (Å²) < 4.78 is 0. The second-order valence-electron chi connectivity index (χ2n) is 2.68. The monoisotopic (exact) mass is 138 g/mol. The van der Waals surface area contributed by atoms with Crippen molar-refractivity contribution in [1.82, 2.24) is 0 Å². The Morgan fingerprint density at radius 1 is 1.56 bits per heavy atom. The topological polar surface area (TPSA) is 0 Å². The third-order valence-corrected chi connectivity index (χ3v) is 2.67. The van der Waals surface area contributed by atoms with Crippen LogP contribution in [0.5, 0.6) is 0 Å². The lowest BCUT2D eigenvalue weighted by Gasteiger charge is -1.96. The van der Waals surface area contributed by atoms with E-state index in [4.69, 9.17) is 0 Å². The molecule has 0 unspecified atom stereocenters. The van der Waals surface area contributed by atoms with Crippen LogP contribution in [-0.4, -0.2) is 7.85 Å². The molecule has 1 rings (SSSR count). The highest BCUT2D eigenvalue weighted by Crippen LogP contribution is 2.17. The van der Waals surface area contributed by atoms with Gasteiger partial charge in [-0.1, -0.05) is 25.4 Å². The Morgan fingerprint density at radius 2 is 2.22 bits per heavy atom. The molecule has 0 aliphatic carbocycles. The SMILES string of the molecule is Bc1csc(C(C)C)c1. The zero-order valence-corrected chi connectivity index (χ0v) is 6.96. The Bertz CT molecular complexity index is 191. The first-order chi connectivity index (χ1) is 4.20. The predicted octanol–water partition coefficient (Wildman–Crippen LogP) is 1.13. The maximum atomic E-state index is 2.26. The van der Waals surface area contributed by atoms with E-state index >= 15 is 0 Å². The molecular weight excluding hydrogens is 127 g/mol. The fourth-order valence-corrected chi connectivity index (χ4v) is 1.67. The van der Waals surface area contributed by atoms with E-state index in [0.717, 1.165) is 0 Å². The van der Waals surface area contributed by atoms with Crippen molar-refractivity contribution in [3.63, 3.8) is 0 Å². The van der Waals surface area contributed by atoms with Gasteiger partial charge in [-0.15, -0.1) is 11.3 Å². The molecule has 0 nitrogen and oxygen atoms in total. The minimum Gasteiger partial charge on any atom is -0.149 e. The third-order valence-electron chi connectivity index (χ3n) is 1.32. The fraction of sp³-hybridized carbons (Fsp3) is 0.429. The second-order valence-corrected chi connectivity index (χ2v) is 3.62. The Balaban J connectivity index is 2.85. The molecule has 2 heteroatoms. The van der Waals surface area contributed by atoms with Gasteiger partial charge in [-0.05, 0) is 11.3 Å². The average molecular weight is 138 g/mol. The summed E-state index contributed by atoms with van der Waals surface area (Å²) in [5.74, 6) is 0.698. The smallest absolute Gasteiger partial charge is 0.140 e.